The predicted octanol–water partition coefficient (Wildman–Crippen LogP) is 4.14. The molecule has 0 saturated carbocycles. The summed E-state index contributed by atoms with van der Waals surface area (Å²) < 4.78 is 54.8. The van der Waals surface area contributed by atoms with Crippen molar-refractivity contribution < 1.29 is 17.2 Å². The number of rotatable bonds is 6. The summed E-state index contributed by atoms with van der Waals surface area (Å²) in [6.45, 7) is -0.0813. The summed E-state index contributed by atoms with van der Waals surface area (Å²) in [5.41, 5.74) is 10.4. The van der Waals surface area contributed by atoms with E-state index in [1.807, 2.05) is 0 Å². The molecular formula is C26H20F2N8O2S. The molecule has 0 radical (unpaired) electrons. The lowest BCUT2D eigenvalue weighted by molar-refractivity contribution is 0.586. The standard InChI is InChI=1S/C26H20F2N8O2S/c1-39(37,38)32-10-13-4-15(6-17(27)5-13)22-25-21(2-3-31-22)33-26(34-25)24-19-8-14(9-20(28)23(19)35-36-24)16-7-18(29)12-30-11-16/h2-9,11-12,32H,10,29H2,1H3,(H,33,34)(H,35,36). The van der Waals surface area contributed by atoms with E-state index in [1.54, 1.807) is 36.7 Å². The van der Waals surface area contributed by atoms with Gasteiger partial charge in [0, 0.05) is 41.6 Å². The van der Waals surface area contributed by atoms with Gasteiger partial charge in [-0.1, -0.05) is 0 Å². The fourth-order valence-electron chi connectivity index (χ4n) is 4.41. The molecule has 196 valence electrons. The summed E-state index contributed by atoms with van der Waals surface area (Å²) in [5, 5.41) is 7.49. The average molecular weight is 547 g/mol. The first-order valence-corrected chi connectivity index (χ1v) is 13.5. The van der Waals surface area contributed by atoms with Crippen LogP contribution >= 0.6 is 0 Å². The molecule has 6 rings (SSSR count). The van der Waals surface area contributed by atoms with Gasteiger partial charge in [-0.05, 0) is 53.6 Å². The highest BCUT2D eigenvalue weighted by Crippen LogP contribution is 2.34. The number of nitrogens with zero attached hydrogens (tertiary/aromatic N) is 4. The third kappa shape index (κ3) is 4.80. The van der Waals surface area contributed by atoms with Crippen LogP contribution in [0.25, 0.3) is 55.8 Å². The van der Waals surface area contributed by atoms with Gasteiger partial charge in [-0.3, -0.25) is 15.1 Å². The van der Waals surface area contributed by atoms with Crippen LogP contribution in [0.15, 0.2) is 61.1 Å². The van der Waals surface area contributed by atoms with E-state index < -0.39 is 21.7 Å². The highest BCUT2D eigenvalue weighted by Gasteiger charge is 2.19. The molecule has 0 aliphatic rings. The van der Waals surface area contributed by atoms with E-state index in [0.29, 0.717) is 61.6 Å². The van der Waals surface area contributed by atoms with Crippen LogP contribution in [0.5, 0.6) is 0 Å². The van der Waals surface area contributed by atoms with E-state index in [2.05, 4.69) is 29.9 Å². The fourth-order valence-corrected chi connectivity index (χ4v) is 4.84. The van der Waals surface area contributed by atoms with Crippen LogP contribution in [-0.4, -0.2) is 44.8 Å². The van der Waals surface area contributed by atoms with Crippen molar-refractivity contribution in [1.29, 1.82) is 0 Å². The van der Waals surface area contributed by atoms with Gasteiger partial charge >= 0.3 is 0 Å². The minimum Gasteiger partial charge on any atom is -0.397 e. The molecule has 10 nitrogen and oxygen atoms in total. The third-order valence-corrected chi connectivity index (χ3v) is 6.78. The normalized spacial score (nSPS) is 12.0. The summed E-state index contributed by atoms with van der Waals surface area (Å²) in [5.74, 6) is -0.703. The lowest BCUT2D eigenvalue weighted by Gasteiger charge is -2.07. The van der Waals surface area contributed by atoms with Gasteiger partial charge in [0.1, 0.15) is 22.5 Å². The Bertz CT molecular complexity index is 2000. The molecule has 5 N–H and O–H groups in total. The van der Waals surface area contributed by atoms with Crippen LogP contribution in [0.1, 0.15) is 5.56 Å². The summed E-state index contributed by atoms with van der Waals surface area (Å²) in [6, 6.07) is 10.7. The van der Waals surface area contributed by atoms with Crippen LogP contribution in [0.3, 0.4) is 0 Å². The predicted molar refractivity (Wildman–Crippen MR) is 144 cm³/mol. The number of halogens is 2. The monoisotopic (exact) mass is 546 g/mol. The molecule has 0 fully saturated rings. The number of aromatic amines is 2. The molecule has 4 aromatic heterocycles. The van der Waals surface area contributed by atoms with Gasteiger partial charge in [0.25, 0.3) is 0 Å². The lowest BCUT2D eigenvalue weighted by Crippen LogP contribution is -2.21. The third-order valence-electron chi connectivity index (χ3n) is 6.11. The minimum absolute atomic E-state index is 0.0813. The molecule has 0 aliphatic heterocycles. The second-order valence-electron chi connectivity index (χ2n) is 9.04. The fraction of sp³-hybridized carbons (Fsp3) is 0.0769. The van der Waals surface area contributed by atoms with E-state index in [9.17, 15) is 12.8 Å². The zero-order valence-corrected chi connectivity index (χ0v) is 21.1. The van der Waals surface area contributed by atoms with Gasteiger partial charge in [0.15, 0.2) is 11.6 Å². The number of benzene rings is 2. The molecule has 13 heteroatoms. The number of hydrogen-bond acceptors (Lipinski definition) is 7. The molecule has 0 unspecified atom stereocenters. The molecule has 6 aromatic rings. The number of imidazole rings is 1. The first-order valence-electron chi connectivity index (χ1n) is 11.6. The Morgan fingerprint density at radius 3 is 2.64 bits per heavy atom. The number of hydrogen-bond donors (Lipinski definition) is 4. The first-order chi connectivity index (χ1) is 18.6. The molecule has 0 amide bonds. The van der Waals surface area contributed by atoms with Crippen molar-refractivity contribution in [3.63, 3.8) is 0 Å². The summed E-state index contributed by atoms with van der Waals surface area (Å²) in [7, 11) is -3.46. The molecule has 0 spiro atoms. The number of pyridine rings is 2. The van der Waals surface area contributed by atoms with Gasteiger partial charge < -0.3 is 10.7 Å². The highest BCUT2D eigenvalue weighted by atomic mass is 32.2. The second-order valence-corrected chi connectivity index (χ2v) is 10.9. The number of H-pyrrole nitrogens is 2. The zero-order valence-electron chi connectivity index (χ0n) is 20.3. The van der Waals surface area contributed by atoms with Crippen molar-refractivity contribution in [2.75, 3.05) is 12.0 Å². The van der Waals surface area contributed by atoms with Crippen molar-refractivity contribution in [1.82, 2.24) is 34.9 Å². The van der Waals surface area contributed by atoms with Crippen molar-refractivity contribution in [2.45, 2.75) is 6.54 Å². The molecular weight excluding hydrogens is 526 g/mol. The summed E-state index contributed by atoms with van der Waals surface area (Å²) in [4.78, 5) is 16.4. The number of nitrogens with two attached hydrogens (primary N) is 1. The maximum Gasteiger partial charge on any atom is 0.209 e. The van der Waals surface area contributed by atoms with Gasteiger partial charge in [0.05, 0.1) is 23.2 Å². The largest absolute Gasteiger partial charge is 0.397 e. The van der Waals surface area contributed by atoms with E-state index in [0.717, 1.165) is 6.26 Å². The first kappa shape index (κ1) is 24.6. The molecule has 0 aliphatic carbocycles. The molecule has 2 aromatic carbocycles. The number of sulfonamides is 1. The molecule has 4 heterocycles. The van der Waals surface area contributed by atoms with E-state index in [-0.39, 0.29) is 12.1 Å². The second kappa shape index (κ2) is 9.22. The maximum absolute atomic E-state index is 15.0. The van der Waals surface area contributed by atoms with Crippen LogP contribution < -0.4 is 10.5 Å². The number of aromatic nitrogens is 6. The van der Waals surface area contributed by atoms with Gasteiger partial charge in [-0.15, -0.1) is 0 Å². The number of fused-ring (bicyclic) bond motifs is 2. The number of nitrogens with one attached hydrogen (secondary N) is 3. The Kier molecular flexibility index (Phi) is 5.81. The van der Waals surface area contributed by atoms with E-state index >= 15 is 4.39 Å². The van der Waals surface area contributed by atoms with Crippen LogP contribution in [-0.2, 0) is 16.6 Å². The molecule has 39 heavy (non-hydrogen) atoms. The molecule has 0 atom stereocenters. The van der Waals surface area contributed by atoms with Gasteiger partial charge in [-0.25, -0.2) is 26.9 Å². The Balaban J connectivity index is 1.46. The van der Waals surface area contributed by atoms with Crippen molar-refractivity contribution in [3.05, 3.63) is 78.3 Å². The minimum atomic E-state index is -3.46. The van der Waals surface area contributed by atoms with E-state index in [4.69, 9.17) is 10.7 Å². The summed E-state index contributed by atoms with van der Waals surface area (Å²) in [6.07, 6.45) is 5.68. The molecule has 0 saturated heterocycles. The van der Waals surface area contributed by atoms with Crippen molar-refractivity contribution in [2.24, 2.45) is 0 Å². The topological polar surface area (TPSA) is 155 Å². The van der Waals surface area contributed by atoms with Crippen LogP contribution in [0.2, 0.25) is 0 Å². The smallest absolute Gasteiger partial charge is 0.209 e. The van der Waals surface area contributed by atoms with Crippen molar-refractivity contribution >= 4 is 37.6 Å². The Hall–Kier alpha value is -4.75. The van der Waals surface area contributed by atoms with Crippen molar-refractivity contribution in [3.8, 4) is 33.9 Å². The zero-order chi connectivity index (χ0) is 27.3. The van der Waals surface area contributed by atoms with Gasteiger partial charge in [0.2, 0.25) is 10.0 Å². The molecule has 0 bridgehead atoms. The summed E-state index contributed by atoms with van der Waals surface area (Å²) >= 11 is 0. The Labute approximate surface area is 220 Å². The number of anilines is 1. The highest BCUT2D eigenvalue weighted by molar-refractivity contribution is 7.88. The number of nitrogen functional groups attached to an aromatic ring is 1. The lowest BCUT2D eigenvalue weighted by atomic mass is 10.0. The van der Waals surface area contributed by atoms with Crippen LogP contribution in [0.4, 0.5) is 14.5 Å². The average Bonchev–Trinajstić information content (AvgIpc) is 3.51. The van der Waals surface area contributed by atoms with E-state index in [1.165, 1.54) is 24.4 Å². The quantitative estimate of drug-likeness (QED) is 0.245. The maximum atomic E-state index is 15.0. The Morgan fingerprint density at radius 1 is 1.00 bits per heavy atom. The Morgan fingerprint density at radius 2 is 1.85 bits per heavy atom. The SMILES string of the molecule is CS(=O)(=O)NCc1cc(F)cc(-c2nccc3[nH]c(-c4[nH]nc5c(F)cc(-c6cncc(N)c6)cc45)nc23)c1. The van der Waals surface area contributed by atoms with Crippen LogP contribution in [0, 0.1) is 11.6 Å². The van der Waals surface area contributed by atoms with Gasteiger partial charge in [-0.2, -0.15) is 5.10 Å².